The van der Waals surface area contributed by atoms with Crippen LogP contribution in [0.3, 0.4) is 0 Å². The molecule has 2 heterocycles. The summed E-state index contributed by atoms with van der Waals surface area (Å²) in [5.74, 6) is 1.18. The minimum absolute atomic E-state index is 0.0340. The Morgan fingerprint density at radius 3 is 2.59 bits per heavy atom. The zero-order valence-electron chi connectivity index (χ0n) is 17.4. The van der Waals surface area contributed by atoms with E-state index in [9.17, 15) is 14.4 Å². The van der Waals surface area contributed by atoms with E-state index < -0.39 is 0 Å². The molecule has 0 aromatic heterocycles. The fourth-order valence-corrected chi connectivity index (χ4v) is 5.02. The van der Waals surface area contributed by atoms with E-state index >= 15 is 0 Å². The Morgan fingerprint density at radius 2 is 1.83 bits per heavy atom. The fraction of sp³-hybridized carbons (Fsp3) is 0.609. The van der Waals surface area contributed by atoms with Gasteiger partial charge in [-0.25, -0.2) is 0 Å². The van der Waals surface area contributed by atoms with Crippen LogP contribution in [-0.2, 0) is 16.1 Å². The highest BCUT2D eigenvalue weighted by atomic mass is 16.2. The van der Waals surface area contributed by atoms with Gasteiger partial charge >= 0.3 is 0 Å². The molecule has 29 heavy (non-hydrogen) atoms. The second-order valence-electron chi connectivity index (χ2n) is 8.98. The normalized spacial score (nSPS) is 29.7. The number of carbonyl (C=O) groups excluding carboxylic acids is 3. The van der Waals surface area contributed by atoms with E-state index in [0.717, 1.165) is 31.2 Å². The molecule has 2 saturated heterocycles. The SMILES string of the molecule is C[C@H]1[C@H](C)CCC[C@@H]1NC(=O)c1ccc(CN2CC(=O)N3CCC[C@@H]3C2=O)cc1. The Labute approximate surface area is 172 Å². The van der Waals surface area contributed by atoms with Crippen molar-refractivity contribution in [3.63, 3.8) is 0 Å². The number of hydrogen-bond donors (Lipinski definition) is 1. The minimum Gasteiger partial charge on any atom is -0.349 e. The van der Waals surface area contributed by atoms with Crippen LogP contribution in [0.4, 0.5) is 0 Å². The predicted molar refractivity (Wildman–Crippen MR) is 110 cm³/mol. The van der Waals surface area contributed by atoms with E-state index in [-0.39, 0.29) is 36.3 Å². The minimum atomic E-state index is -0.277. The molecule has 6 heteroatoms. The number of piperazine rings is 1. The molecule has 156 valence electrons. The van der Waals surface area contributed by atoms with E-state index in [2.05, 4.69) is 19.2 Å². The van der Waals surface area contributed by atoms with Crippen molar-refractivity contribution in [2.75, 3.05) is 13.1 Å². The number of benzene rings is 1. The van der Waals surface area contributed by atoms with Crippen molar-refractivity contribution in [3.05, 3.63) is 35.4 Å². The van der Waals surface area contributed by atoms with Crippen molar-refractivity contribution in [1.29, 1.82) is 0 Å². The first kappa shape index (κ1) is 19.9. The average Bonchev–Trinajstić information content (AvgIpc) is 3.21. The fourth-order valence-electron chi connectivity index (χ4n) is 5.02. The van der Waals surface area contributed by atoms with Gasteiger partial charge in [-0.05, 0) is 48.8 Å². The van der Waals surface area contributed by atoms with Crippen molar-refractivity contribution in [2.45, 2.75) is 64.6 Å². The summed E-state index contributed by atoms with van der Waals surface area (Å²) in [4.78, 5) is 41.0. The van der Waals surface area contributed by atoms with Crippen LogP contribution in [0.5, 0.6) is 0 Å². The van der Waals surface area contributed by atoms with Crippen molar-refractivity contribution >= 4 is 17.7 Å². The second kappa shape index (κ2) is 8.17. The third-order valence-corrected chi connectivity index (χ3v) is 7.11. The number of fused-ring (bicyclic) bond motifs is 1. The first-order chi connectivity index (χ1) is 13.9. The molecule has 4 atom stereocenters. The maximum absolute atomic E-state index is 12.7. The lowest BCUT2D eigenvalue weighted by Crippen LogP contribution is -2.56. The van der Waals surface area contributed by atoms with E-state index in [1.54, 1.807) is 9.80 Å². The number of carbonyl (C=O) groups is 3. The molecule has 1 saturated carbocycles. The topological polar surface area (TPSA) is 69.7 Å². The molecular weight excluding hydrogens is 366 g/mol. The van der Waals surface area contributed by atoms with Crippen LogP contribution < -0.4 is 5.32 Å². The molecule has 2 aliphatic heterocycles. The lowest BCUT2D eigenvalue weighted by molar-refractivity contribution is -0.154. The molecule has 0 unspecified atom stereocenters. The predicted octanol–water partition coefficient (Wildman–Crippen LogP) is 2.57. The van der Waals surface area contributed by atoms with Gasteiger partial charge in [-0.2, -0.15) is 0 Å². The molecule has 4 rings (SSSR count). The van der Waals surface area contributed by atoms with Gasteiger partial charge in [0.15, 0.2) is 0 Å². The van der Waals surface area contributed by atoms with Crippen LogP contribution in [-0.4, -0.2) is 52.7 Å². The third-order valence-electron chi connectivity index (χ3n) is 7.11. The van der Waals surface area contributed by atoms with Gasteiger partial charge in [-0.3, -0.25) is 14.4 Å². The Morgan fingerprint density at radius 1 is 1.07 bits per heavy atom. The maximum Gasteiger partial charge on any atom is 0.251 e. The summed E-state index contributed by atoms with van der Waals surface area (Å²) in [6.07, 6.45) is 5.10. The molecule has 0 bridgehead atoms. The highest BCUT2D eigenvalue weighted by Gasteiger charge is 2.41. The van der Waals surface area contributed by atoms with Crippen LogP contribution in [0.1, 0.15) is 61.9 Å². The molecule has 1 aliphatic carbocycles. The Bertz CT molecular complexity index is 791. The highest BCUT2D eigenvalue weighted by molar-refractivity contribution is 5.95. The van der Waals surface area contributed by atoms with Gasteiger partial charge in [0.05, 0.1) is 0 Å². The van der Waals surface area contributed by atoms with Gasteiger partial charge in [-0.1, -0.05) is 38.8 Å². The van der Waals surface area contributed by atoms with Crippen molar-refractivity contribution in [3.8, 4) is 0 Å². The van der Waals surface area contributed by atoms with E-state index in [1.807, 2.05) is 24.3 Å². The molecule has 1 aromatic rings. The molecule has 3 aliphatic rings. The largest absolute Gasteiger partial charge is 0.349 e. The maximum atomic E-state index is 12.7. The smallest absolute Gasteiger partial charge is 0.251 e. The van der Waals surface area contributed by atoms with Crippen LogP contribution in [0.25, 0.3) is 0 Å². The van der Waals surface area contributed by atoms with Gasteiger partial charge in [-0.15, -0.1) is 0 Å². The van der Waals surface area contributed by atoms with Crippen LogP contribution in [0.15, 0.2) is 24.3 Å². The number of rotatable bonds is 4. The van der Waals surface area contributed by atoms with Gasteiger partial charge in [0.1, 0.15) is 12.6 Å². The average molecular weight is 398 g/mol. The molecule has 0 spiro atoms. The third kappa shape index (κ3) is 4.02. The quantitative estimate of drug-likeness (QED) is 0.849. The first-order valence-electron chi connectivity index (χ1n) is 10.9. The lowest BCUT2D eigenvalue weighted by Gasteiger charge is -2.36. The summed E-state index contributed by atoms with van der Waals surface area (Å²) in [6.45, 7) is 5.74. The molecule has 0 radical (unpaired) electrons. The molecular formula is C23H31N3O3. The van der Waals surface area contributed by atoms with Crippen molar-refractivity contribution in [2.24, 2.45) is 11.8 Å². The zero-order chi connectivity index (χ0) is 20.5. The number of hydrogen-bond acceptors (Lipinski definition) is 3. The monoisotopic (exact) mass is 397 g/mol. The van der Waals surface area contributed by atoms with Gasteiger partial charge in [0.25, 0.3) is 5.91 Å². The molecule has 3 amide bonds. The Hall–Kier alpha value is -2.37. The Kier molecular flexibility index (Phi) is 5.61. The summed E-state index contributed by atoms with van der Waals surface area (Å²) in [7, 11) is 0. The second-order valence-corrected chi connectivity index (χ2v) is 8.98. The number of amides is 3. The van der Waals surface area contributed by atoms with E-state index in [0.29, 0.717) is 30.5 Å². The summed E-state index contributed by atoms with van der Waals surface area (Å²) in [5, 5.41) is 3.20. The summed E-state index contributed by atoms with van der Waals surface area (Å²) in [5.41, 5.74) is 1.58. The summed E-state index contributed by atoms with van der Waals surface area (Å²) < 4.78 is 0. The zero-order valence-corrected chi connectivity index (χ0v) is 17.4. The van der Waals surface area contributed by atoms with E-state index in [4.69, 9.17) is 0 Å². The van der Waals surface area contributed by atoms with E-state index in [1.165, 1.54) is 6.42 Å². The van der Waals surface area contributed by atoms with Gasteiger partial charge in [0, 0.05) is 24.7 Å². The van der Waals surface area contributed by atoms with Gasteiger partial charge < -0.3 is 15.1 Å². The van der Waals surface area contributed by atoms with Crippen LogP contribution in [0.2, 0.25) is 0 Å². The Balaban J connectivity index is 1.37. The van der Waals surface area contributed by atoms with Gasteiger partial charge in [0.2, 0.25) is 11.8 Å². The van der Waals surface area contributed by atoms with Crippen LogP contribution >= 0.6 is 0 Å². The first-order valence-corrected chi connectivity index (χ1v) is 10.9. The molecule has 3 fully saturated rings. The molecule has 1 N–H and O–H groups in total. The molecule has 1 aromatic carbocycles. The van der Waals surface area contributed by atoms with Crippen molar-refractivity contribution in [1.82, 2.24) is 15.1 Å². The summed E-state index contributed by atoms with van der Waals surface area (Å²) >= 11 is 0. The highest BCUT2D eigenvalue weighted by Crippen LogP contribution is 2.29. The van der Waals surface area contributed by atoms with Crippen molar-refractivity contribution < 1.29 is 14.4 Å². The number of nitrogens with zero attached hydrogens (tertiary/aromatic N) is 2. The van der Waals surface area contributed by atoms with Crippen LogP contribution in [0, 0.1) is 11.8 Å². The summed E-state index contributed by atoms with van der Waals surface area (Å²) in [6, 6.07) is 7.37. The standard InChI is InChI=1S/C23H31N3O3/c1-15-5-3-6-19(16(15)2)24-22(28)18-10-8-17(9-11-18)13-25-14-21(27)26-12-4-7-20(26)23(25)29/h8-11,15-16,19-20H,3-7,12-14H2,1-2H3,(H,24,28)/t15-,16+,19+,20-/m1/s1. The number of nitrogens with one attached hydrogen (secondary N) is 1. The lowest BCUT2D eigenvalue weighted by atomic mass is 9.78. The molecule has 6 nitrogen and oxygen atoms in total.